The fraction of sp³-hybridized carbons (Fsp3) is 0.214. The standard InChI is InChI=1S/C28H22BrClFN3O2/c1-28-26-25(18-5-2-3-8-23(18)32-26)19(16-9-11-17(29)12-10-16)14-34(28)24(35)15-33(27(28)36)13-20-21(30)6-4-7-22(20)31/h2-12,19,32H,13-15H2,1H3. The van der Waals surface area contributed by atoms with Gasteiger partial charge in [0.2, 0.25) is 5.91 Å². The second-order valence-electron chi connectivity index (χ2n) is 9.50. The summed E-state index contributed by atoms with van der Waals surface area (Å²) in [6.07, 6.45) is 0. The SMILES string of the molecule is CC12C(=O)N(Cc3c(F)cccc3Cl)CC(=O)N1CC(c1ccc(Br)cc1)c1c2[nH]c2ccccc12. The number of fused-ring (bicyclic) bond motifs is 5. The summed E-state index contributed by atoms with van der Waals surface area (Å²) < 4.78 is 15.5. The molecule has 0 bridgehead atoms. The lowest BCUT2D eigenvalue weighted by atomic mass is 9.76. The van der Waals surface area contributed by atoms with Crippen molar-refractivity contribution < 1.29 is 14.0 Å². The van der Waals surface area contributed by atoms with Crippen molar-refractivity contribution >= 4 is 50.2 Å². The number of carbonyl (C=O) groups excluding carboxylic acids is 2. The number of amides is 2. The molecular formula is C28H22BrClFN3O2. The minimum Gasteiger partial charge on any atom is -0.356 e. The Morgan fingerprint density at radius 2 is 1.83 bits per heavy atom. The third kappa shape index (κ3) is 3.40. The Morgan fingerprint density at radius 3 is 2.58 bits per heavy atom. The molecule has 1 saturated heterocycles. The van der Waals surface area contributed by atoms with Crippen molar-refractivity contribution in [3.05, 3.63) is 104 Å². The first-order chi connectivity index (χ1) is 17.3. The Labute approximate surface area is 221 Å². The molecule has 3 aromatic carbocycles. The topological polar surface area (TPSA) is 56.4 Å². The van der Waals surface area contributed by atoms with Gasteiger partial charge in [-0.25, -0.2) is 4.39 Å². The van der Waals surface area contributed by atoms with Gasteiger partial charge in [0.15, 0.2) is 5.54 Å². The summed E-state index contributed by atoms with van der Waals surface area (Å²) >= 11 is 9.76. The van der Waals surface area contributed by atoms with E-state index in [0.29, 0.717) is 12.2 Å². The first-order valence-electron chi connectivity index (χ1n) is 11.7. The van der Waals surface area contributed by atoms with Crippen molar-refractivity contribution in [2.45, 2.75) is 24.9 Å². The summed E-state index contributed by atoms with van der Waals surface area (Å²) in [5.74, 6) is -1.05. The van der Waals surface area contributed by atoms with Gasteiger partial charge in [0, 0.05) is 38.4 Å². The zero-order chi connectivity index (χ0) is 25.2. The van der Waals surface area contributed by atoms with Crippen molar-refractivity contribution in [3.63, 3.8) is 0 Å². The van der Waals surface area contributed by atoms with Crippen LogP contribution in [0.5, 0.6) is 0 Å². The van der Waals surface area contributed by atoms with Crippen LogP contribution in [0.3, 0.4) is 0 Å². The lowest BCUT2D eigenvalue weighted by Gasteiger charge is -2.51. The molecule has 0 spiro atoms. The van der Waals surface area contributed by atoms with E-state index in [-0.39, 0.29) is 41.4 Å². The summed E-state index contributed by atoms with van der Waals surface area (Å²) in [5, 5.41) is 1.25. The number of halogens is 3. The van der Waals surface area contributed by atoms with Crippen LogP contribution in [0.2, 0.25) is 5.02 Å². The number of benzene rings is 3. The lowest BCUT2D eigenvalue weighted by molar-refractivity contribution is -0.167. The summed E-state index contributed by atoms with van der Waals surface area (Å²) in [6.45, 7) is 1.94. The smallest absolute Gasteiger partial charge is 0.255 e. The minimum atomic E-state index is -1.26. The lowest BCUT2D eigenvalue weighted by Crippen LogP contribution is -2.67. The van der Waals surface area contributed by atoms with E-state index >= 15 is 0 Å². The first kappa shape index (κ1) is 23.3. The molecule has 8 heteroatoms. The van der Waals surface area contributed by atoms with Crippen LogP contribution in [0.25, 0.3) is 10.9 Å². The van der Waals surface area contributed by atoms with Crippen LogP contribution >= 0.6 is 27.5 Å². The molecule has 2 amide bonds. The maximum atomic E-state index is 14.6. The van der Waals surface area contributed by atoms with Crippen molar-refractivity contribution in [3.8, 4) is 0 Å². The summed E-state index contributed by atoms with van der Waals surface area (Å²) in [6, 6.07) is 20.4. The van der Waals surface area contributed by atoms with E-state index in [1.807, 2.05) is 48.5 Å². The first-order valence-corrected chi connectivity index (χ1v) is 12.9. The van der Waals surface area contributed by atoms with E-state index in [1.54, 1.807) is 17.9 Å². The summed E-state index contributed by atoms with van der Waals surface area (Å²) in [4.78, 5) is 34.3. The molecule has 3 heterocycles. The molecule has 2 unspecified atom stereocenters. The van der Waals surface area contributed by atoms with Crippen molar-refractivity contribution in [2.75, 3.05) is 13.1 Å². The second kappa shape index (κ2) is 8.46. The Hall–Kier alpha value is -3.16. The number of rotatable bonds is 3. The summed E-state index contributed by atoms with van der Waals surface area (Å²) in [7, 11) is 0. The van der Waals surface area contributed by atoms with Gasteiger partial charge in [-0.05, 0) is 48.4 Å². The van der Waals surface area contributed by atoms with Gasteiger partial charge in [-0.15, -0.1) is 0 Å². The Morgan fingerprint density at radius 1 is 1.08 bits per heavy atom. The average molecular weight is 567 g/mol. The van der Waals surface area contributed by atoms with Gasteiger partial charge in [0.05, 0.1) is 12.2 Å². The second-order valence-corrected chi connectivity index (χ2v) is 10.8. The van der Waals surface area contributed by atoms with Crippen LogP contribution in [0.4, 0.5) is 4.39 Å². The number of hydrogen-bond donors (Lipinski definition) is 1. The van der Waals surface area contributed by atoms with Crippen LogP contribution in [0, 0.1) is 5.82 Å². The van der Waals surface area contributed by atoms with E-state index in [0.717, 1.165) is 26.5 Å². The molecule has 1 N–H and O–H groups in total. The number of nitrogens with one attached hydrogen (secondary N) is 1. The predicted molar refractivity (Wildman–Crippen MR) is 140 cm³/mol. The van der Waals surface area contributed by atoms with Crippen molar-refractivity contribution in [1.29, 1.82) is 0 Å². The van der Waals surface area contributed by atoms with Gasteiger partial charge >= 0.3 is 0 Å². The maximum Gasteiger partial charge on any atom is 0.255 e. The van der Waals surface area contributed by atoms with Crippen LogP contribution in [0.1, 0.15) is 35.2 Å². The monoisotopic (exact) mass is 565 g/mol. The fourth-order valence-electron chi connectivity index (χ4n) is 5.67. The van der Waals surface area contributed by atoms with Crippen LogP contribution < -0.4 is 0 Å². The highest BCUT2D eigenvalue weighted by molar-refractivity contribution is 9.10. The number of hydrogen-bond acceptors (Lipinski definition) is 2. The van der Waals surface area contributed by atoms with Crippen molar-refractivity contribution in [1.82, 2.24) is 14.8 Å². The third-order valence-electron chi connectivity index (χ3n) is 7.50. The highest BCUT2D eigenvalue weighted by Crippen LogP contribution is 2.48. The molecule has 6 rings (SSSR count). The normalized spacial score (nSPS) is 21.6. The van der Waals surface area contributed by atoms with Gasteiger partial charge in [-0.1, -0.05) is 63.9 Å². The zero-order valence-corrected chi connectivity index (χ0v) is 21.7. The number of carbonyl (C=O) groups is 2. The van der Waals surface area contributed by atoms with E-state index in [1.165, 1.54) is 17.0 Å². The number of aromatic nitrogens is 1. The average Bonchev–Trinajstić information content (AvgIpc) is 3.26. The Bertz CT molecular complexity index is 1520. The Kier molecular flexibility index (Phi) is 5.46. The van der Waals surface area contributed by atoms with Crippen LogP contribution in [-0.4, -0.2) is 39.7 Å². The highest BCUT2D eigenvalue weighted by atomic mass is 79.9. The largest absolute Gasteiger partial charge is 0.356 e. The number of nitrogens with zero attached hydrogens (tertiary/aromatic N) is 2. The predicted octanol–water partition coefficient (Wildman–Crippen LogP) is 5.95. The van der Waals surface area contributed by atoms with Gasteiger partial charge in [0.25, 0.3) is 5.91 Å². The number of aromatic amines is 1. The van der Waals surface area contributed by atoms with E-state index < -0.39 is 11.4 Å². The third-order valence-corrected chi connectivity index (χ3v) is 8.38. The van der Waals surface area contributed by atoms with E-state index in [2.05, 4.69) is 20.9 Å². The number of piperazine rings is 1. The van der Waals surface area contributed by atoms with Gasteiger partial charge < -0.3 is 14.8 Å². The molecule has 36 heavy (non-hydrogen) atoms. The minimum absolute atomic E-state index is 0.0782. The molecule has 0 aliphatic carbocycles. The molecule has 1 fully saturated rings. The molecule has 182 valence electrons. The van der Waals surface area contributed by atoms with Gasteiger partial charge in [0.1, 0.15) is 12.4 Å². The molecule has 1 aromatic heterocycles. The van der Waals surface area contributed by atoms with E-state index in [9.17, 15) is 14.0 Å². The Balaban J connectivity index is 1.51. The van der Waals surface area contributed by atoms with Gasteiger partial charge in [-0.2, -0.15) is 0 Å². The molecular weight excluding hydrogens is 545 g/mol. The molecule has 0 saturated carbocycles. The number of para-hydroxylation sites is 1. The molecule has 4 aromatic rings. The quantitative estimate of drug-likeness (QED) is 0.333. The molecule has 2 aliphatic heterocycles. The molecule has 5 nitrogen and oxygen atoms in total. The molecule has 2 aliphatic rings. The van der Waals surface area contributed by atoms with Crippen LogP contribution in [0.15, 0.2) is 71.2 Å². The van der Waals surface area contributed by atoms with E-state index in [4.69, 9.17) is 11.6 Å². The zero-order valence-electron chi connectivity index (χ0n) is 19.4. The molecule has 2 atom stereocenters. The molecule has 0 radical (unpaired) electrons. The van der Waals surface area contributed by atoms with Gasteiger partial charge in [-0.3, -0.25) is 9.59 Å². The fourth-order valence-corrected chi connectivity index (χ4v) is 6.16. The van der Waals surface area contributed by atoms with Crippen molar-refractivity contribution in [2.24, 2.45) is 0 Å². The van der Waals surface area contributed by atoms with Crippen LogP contribution in [-0.2, 0) is 21.7 Å². The maximum absolute atomic E-state index is 14.6. The summed E-state index contributed by atoms with van der Waals surface area (Å²) in [5.41, 5.74) is 2.63. The number of H-pyrrole nitrogens is 1. The highest BCUT2D eigenvalue weighted by Gasteiger charge is 2.56.